The summed E-state index contributed by atoms with van der Waals surface area (Å²) in [6.45, 7) is 7.02. The summed E-state index contributed by atoms with van der Waals surface area (Å²) in [6, 6.07) is 21.3. The predicted octanol–water partition coefficient (Wildman–Crippen LogP) is 6.12. The fraction of sp³-hybridized carbons (Fsp3) is 0.393. The molecule has 4 nitrogen and oxygen atoms in total. The molecular weight excluding hydrogens is 396 g/mol. The highest BCUT2D eigenvalue weighted by Crippen LogP contribution is 2.29. The van der Waals surface area contributed by atoms with E-state index in [-0.39, 0.29) is 6.09 Å². The van der Waals surface area contributed by atoms with Crippen LogP contribution < -0.4 is 4.74 Å². The molecule has 0 saturated carbocycles. The van der Waals surface area contributed by atoms with Gasteiger partial charge in [-0.15, -0.1) is 0 Å². The van der Waals surface area contributed by atoms with Gasteiger partial charge >= 0.3 is 6.09 Å². The van der Waals surface area contributed by atoms with Gasteiger partial charge in [0.2, 0.25) is 0 Å². The Kier molecular flexibility index (Phi) is 6.13. The molecular formula is C28H32N2O2. The summed E-state index contributed by atoms with van der Waals surface area (Å²) in [4.78, 5) is 17.1. The second-order valence-electron chi connectivity index (χ2n) is 9.37. The molecule has 0 spiro atoms. The van der Waals surface area contributed by atoms with E-state index in [1.807, 2.05) is 17.0 Å². The number of benzene rings is 3. The van der Waals surface area contributed by atoms with E-state index >= 15 is 0 Å². The van der Waals surface area contributed by atoms with Crippen LogP contribution in [-0.4, -0.2) is 42.1 Å². The molecule has 2 saturated heterocycles. The molecule has 0 N–H and O–H groups in total. The van der Waals surface area contributed by atoms with Crippen molar-refractivity contribution >= 4 is 16.9 Å². The molecule has 1 amide bonds. The van der Waals surface area contributed by atoms with Crippen molar-refractivity contribution in [3.8, 4) is 5.75 Å². The monoisotopic (exact) mass is 428 g/mol. The highest BCUT2D eigenvalue weighted by molar-refractivity contribution is 5.85. The van der Waals surface area contributed by atoms with Crippen molar-refractivity contribution in [2.24, 2.45) is 0 Å². The van der Waals surface area contributed by atoms with Crippen LogP contribution in [0.1, 0.15) is 48.3 Å². The summed E-state index contributed by atoms with van der Waals surface area (Å²) in [5.74, 6) is 1.14. The van der Waals surface area contributed by atoms with E-state index in [9.17, 15) is 4.79 Å². The molecule has 0 unspecified atom stereocenters. The van der Waals surface area contributed by atoms with Crippen LogP contribution in [0.5, 0.6) is 5.75 Å². The summed E-state index contributed by atoms with van der Waals surface area (Å²) in [5.41, 5.74) is 4.01. The molecule has 0 atom stereocenters. The number of ether oxygens (including phenoxy) is 1. The lowest BCUT2D eigenvalue weighted by atomic mass is 9.89. The summed E-state index contributed by atoms with van der Waals surface area (Å²) < 4.78 is 5.74. The van der Waals surface area contributed by atoms with Gasteiger partial charge in [0.05, 0.1) is 0 Å². The number of nitrogens with zero attached hydrogens (tertiary/aromatic N) is 2. The van der Waals surface area contributed by atoms with Gasteiger partial charge < -0.3 is 9.64 Å². The number of fused-ring (bicyclic) bond motifs is 1. The number of aryl methyl sites for hydroxylation is 1. The predicted molar refractivity (Wildman–Crippen MR) is 129 cm³/mol. The highest BCUT2D eigenvalue weighted by atomic mass is 16.6. The van der Waals surface area contributed by atoms with Crippen molar-refractivity contribution in [2.75, 3.05) is 26.2 Å². The minimum absolute atomic E-state index is 0.239. The fourth-order valence-electron chi connectivity index (χ4n) is 5.03. The van der Waals surface area contributed by atoms with Gasteiger partial charge in [-0.25, -0.2) is 4.79 Å². The summed E-state index contributed by atoms with van der Waals surface area (Å²) in [7, 11) is 0. The molecule has 3 aromatic carbocycles. The molecule has 5 rings (SSSR count). The quantitative estimate of drug-likeness (QED) is 0.502. The van der Waals surface area contributed by atoms with Crippen molar-refractivity contribution < 1.29 is 9.53 Å². The van der Waals surface area contributed by atoms with E-state index in [1.165, 1.54) is 48.0 Å². The van der Waals surface area contributed by atoms with E-state index in [1.54, 1.807) is 0 Å². The number of piperidine rings is 1. The van der Waals surface area contributed by atoms with Gasteiger partial charge in [0.15, 0.2) is 0 Å². The minimum Gasteiger partial charge on any atom is -0.410 e. The number of hydrogen-bond acceptors (Lipinski definition) is 3. The normalized spacial score (nSPS) is 17.7. The molecule has 2 heterocycles. The largest absolute Gasteiger partial charge is 0.415 e. The fourth-order valence-corrected chi connectivity index (χ4v) is 5.03. The van der Waals surface area contributed by atoms with E-state index in [4.69, 9.17) is 4.74 Å². The van der Waals surface area contributed by atoms with Crippen LogP contribution in [0.25, 0.3) is 10.8 Å². The molecule has 166 valence electrons. The Morgan fingerprint density at radius 3 is 2.31 bits per heavy atom. The number of carbonyl (C=O) groups excluding carboxylic acids is 1. The van der Waals surface area contributed by atoms with Gasteiger partial charge in [-0.2, -0.15) is 0 Å². The van der Waals surface area contributed by atoms with E-state index in [0.29, 0.717) is 11.7 Å². The number of carbonyl (C=O) groups is 1. The van der Waals surface area contributed by atoms with Crippen LogP contribution in [-0.2, 0) is 6.54 Å². The first kappa shape index (κ1) is 21.0. The Morgan fingerprint density at radius 1 is 0.875 bits per heavy atom. The smallest absolute Gasteiger partial charge is 0.410 e. The Hall–Kier alpha value is -2.85. The SMILES string of the molecule is Cc1ccc(C2CCN(C(=O)Oc3ccc4cc(CN5CCCC5)ccc4c3)CC2)cc1. The summed E-state index contributed by atoms with van der Waals surface area (Å²) >= 11 is 0. The zero-order valence-electron chi connectivity index (χ0n) is 18.9. The lowest BCUT2D eigenvalue weighted by Gasteiger charge is -2.31. The van der Waals surface area contributed by atoms with Gasteiger partial charge in [0, 0.05) is 19.6 Å². The Labute approximate surface area is 190 Å². The van der Waals surface area contributed by atoms with Crippen LogP contribution >= 0.6 is 0 Å². The van der Waals surface area contributed by atoms with E-state index < -0.39 is 0 Å². The zero-order chi connectivity index (χ0) is 21.9. The van der Waals surface area contributed by atoms with Crippen LogP contribution in [0, 0.1) is 6.92 Å². The van der Waals surface area contributed by atoms with Crippen LogP contribution in [0.4, 0.5) is 4.79 Å². The lowest BCUT2D eigenvalue weighted by molar-refractivity contribution is 0.139. The average Bonchev–Trinajstić information content (AvgIpc) is 3.33. The topological polar surface area (TPSA) is 32.8 Å². The maximum Gasteiger partial charge on any atom is 0.415 e. The van der Waals surface area contributed by atoms with Crippen molar-refractivity contribution in [3.05, 3.63) is 77.4 Å². The van der Waals surface area contributed by atoms with Gasteiger partial charge in [-0.05, 0) is 91.7 Å². The first-order valence-electron chi connectivity index (χ1n) is 11.9. The number of rotatable bonds is 4. The molecule has 0 aliphatic carbocycles. The van der Waals surface area contributed by atoms with Crippen LogP contribution in [0.15, 0.2) is 60.7 Å². The second kappa shape index (κ2) is 9.33. The average molecular weight is 429 g/mol. The van der Waals surface area contributed by atoms with Crippen molar-refractivity contribution in [2.45, 2.75) is 45.1 Å². The number of hydrogen-bond donors (Lipinski definition) is 0. The molecule has 0 bridgehead atoms. The van der Waals surface area contributed by atoms with Crippen LogP contribution in [0.3, 0.4) is 0 Å². The molecule has 4 heteroatoms. The van der Waals surface area contributed by atoms with Gasteiger partial charge in [-0.3, -0.25) is 4.90 Å². The Bertz CT molecular complexity index is 1080. The standard InChI is InChI=1S/C28H32N2O2/c1-21-4-7-23(8-5-21)24-12-16-30(17-13-24)28(31)32-27-11-10-25-18-22(6-9-26(25)19-27)20-29-14-2-3-15-29/h4-11,18-19,24H,2-3,12-17,20H2,1H3. The van der Waals surface area contributed by atoms with Crippen molar-refractivity contribution in [1.29, 1.82) is 0 Å². The Balaban J connectivity index is 1.18. The summed E-state index contributed by atoms with van der Waals surface area (Å²) in [6.07, 6.45) is 4.35. The first-order valence-corrected chi connectivity index (χ1v) is 11.9. The number of amides is 1. The molecule has 3 aromatic rings. The third kappa shape index (κ3) is 4.81. The minimum atomic E-state index is -0.239. The third-order valence-corrected chi connectivity index (χ3v) is 6.99. The molecule has 2 aliphatic rings. The Morgan fingerprint density at radius 2 is 1.56 bits per heavy atom. The number of likely N-dealkylation sites (tertiary alicyclic amines) is 2. The van der Waals surface area contributed by atoms with E-state index in [2.05, 4.69) is 60.4 Å². The third-order valence-electron chi connectivity index (χ3n) is 6.99. The molecule has 2 aliphatic heterocycles. The van der Waals surface area contributed by atoms with E-state index in [0.717, 1.165) is 37.9 Å². The second-order valence-corrected chi connectivity index (χ2v) is 9.37. The lowest BCUT2D eigenvalue weighted by Crippen LogP contribution is -2.39. The molecule has 0 radical (unpaired) electrons. The highest BCUT2D eigenvalue weighted by Gasteiger charge is 2.25. The first-order chi connectivity index (χ1) is 15.6. The zero-order valence-corrected chi connectivity index (χ0v) is 18.9. The van der Waals surface area contributed by atoms with Crippen molar-refractivity contribution in [3.63, 3.8) is 0 Å². The van der Waals surface area contributed by atoms with Crippen LogP contribution in [0.2, 0.25) is 0 Å². The molecule has 2 fully saturated rings. The maximum absolute atomic E-state index is 12.7. The van der Waals surface area contributed by atoms with Gasteiger partial charge in [0.25, 0.3) is 0 Å². The van der Waals surface area contributed by atoms with Gasteiger partial charge in [-0.1, -0.05) is 48.0 Å². The molecule has 0 aromatic heterocycles. The van der Waals surface area contributed by atoms with Gasteiger partial charge in [0.1, 0.15) is 5.75 Å². The van der Waals surface area contributed by atoms with Crippen molar-refractivity contribution in [1.82, 2.24) is 9.80 Å². The molecule has 32 heavy (non-hydrogen) atoms. The summed E-state index contributed by atoms with van der Waals surface area (Å²) in [5, 5.41) is 2.30. The maximum atomic E-state index is 12.7.